The Labute approximate surface area is 186 Å². The van der Waals surface area contributed by atoms with Gasteiger partial charge in [0.05, 0.1) is 11.6 Å². The van der Waals surface area contributed by atoms with Gasteiger partial charge in [0.2, 0.25) is 0 Å². The van der Waals surface area contributed by atoms with Crippen molar-refractivity contribution in [1.29, 1.82) is 0 Å². The zero-order chi connectivity index (χ0) is 21.4. The van der Waals surface area contributed by atoms with E-state index >= 15 is 0 Å². The number of aliphatic hydroxyl groups is 1. The number of amides is 1. The zero-order valence-corrected chi connectivity index (χ0v) is 18.2. The molecule has 30 heavy (non-hydrogen) atoms. The number of hydrogen-bond donors (Lipinski definition) is 1. The lowest BCUT2D eigenvalue weighted by atomic mass is 9.96. The molecule has 1 unspecified atom stereocenters. The number of aliphatic hydroxyl groups excluding tert-OH is 1. The van der Waals surface area contributed by atoms with Crippen LogP contribution < -0.4 is 4.90 Å². The second-order valence-corrected chi connectivity index (χ2v) is 8.25. The van der Waals surface area contributed by atoms with Gasteiger partial charge in [-0.05, 0) is 54.4 Å². The Kier molecular flexibility index (Phi) is 5.45. The summed E-state index contributed by atoms with van der Waals surface area (Å²) in [5, 5.41) is 11.6. The van der Waals surface area contributed by atoms with E-state index in [1.807, 2.05) is 6.92 Å². The number of rotatable bonds is 3. The highest BCUT2D eigenvalue weighted by atomic mass is 79.9. The summed E-state index contributed by atoms with van der Waals surface area (Å²) in [4.78, 5) is 31.7. The van der Waals surface area contributed by atoms with Crippen molar-refractivity contribution in [2.45, 2.75) is 13.0 Å². The normalized spacial score (nSPS) is 18.1. The van der Waals surface area contributed by atoms with Crippen LogP contribution in [0.15, 0.2) is 77.0 Å². The third kappa shape index (κ3) is 3.53. The van der Waals surface area contributed by atoms with Crippen LogP contribution in [0.1, 0.15) is 22.7 Å². The molecule has 5 nitrogen and oxygen atoms in total. The van der Waals surface area contributed by atoms with Crippen molar-refractivity contribution < 1.29 is 14.7 Å². The smallest absolute Gasteiger partial charge is 0.300 e. The van der Waals surface area contributed by atoms with E-state index in [-0.39, 0.29) is 11.3 Å². The number of anilines is 1. The van der Waals surface area contributed by atoms with Gasteiger partial charge in [0, 0.05) is 33.1 Å². The third-order valence-corrected chi connectivity index (χ3v) is 5.74. The fourth-order valence-corrected chi connectivity index (χ4v) is 4.08. The number of carbonyl (C=O) groups excluding carboxylic acids is 2. The van der Waals surface area contributed by atoms with E-state index in [4.69, 9.17) is 11.6 Å². The van der Waals surface area contributed by atoms with Crippen LogP contribution >= 0.6 is 27.5 Å². The van der Waals surface area contributed by atoms with Gasteiger partial charge in [-0.1, -0.05) is 45.7 Å². The van der Waals surface area contributed by atoms with Gasteiger partial charge in [0.1, 0.15) is 5.76 Å². The standard InChI is InChI=1S/C23H16BrClN2O3/c1-13-11-17(25)8-9-18(13)27-20(15-3-2-10-26-12-15)19(22(29)23(27)30)21(28)14-4-6-16(24)7-5-14/h2-12,20,28H,1H3/b21-19+. The van der Waals surface area contributed by atoms with Crippen LogP contribution in [0.5, 0.6) is 0 Å². The van der Waals surface area contributed by atoms with Crippen molar-refractivity contribution in [3.8, 4) is 0 Å². The molecule has 0 radical (unpaired) electrons. The maximum atomic E-state index is 13.1. The van der Waals surface area contributed by atoms with Crippen molar-refractivity contribution in [1.82, 2.24) is 4.98 Å². The van der Waals surface area contributed by atoms with Gasteiger partial charge in [-0.3, -0.25) is 19.5 Å². The summed E-state index contributed by atoms with van der Waals surface area (Å²) in [6.07, 6.45) is 3.20. The largest absolute Gasteiger partial charge is 0.507 e. The molecule has 0 saturated carbocycles. The molecule has 7 heteroatoms. The van der Waals surface area contributed by atoms with E-state index in [0.717, 1.165) is 10.0 Å². The number of hydrogen-bond acceptors (Lipinski definition) is 4. The van der Waals surface area contributed by atoms with Crippen LogP contribution in [0.2, 0.25) is 5.02 Å². The van der Waals surface area contributed by atoms with Crippen LogP contribution in [0.25, 0.3) is 5.76 Å². The first kappa shape index (κ1) is 20.3. The molecular weight excluding hydrogens is 468 g/mol. The maximum absolute atomic E-state index is 13.1. The van der Waals surface area contributed by atoms with E-state index < -0.39 is 17.7 Å². The lowest BCUT2D eigenvalue weighted by Gasteiger charge is -2.26. The van der Waals surface area contributed by atoms with Crippen LogP contribution in [0.4, 0.5) is 5.69 Å². The first-order valence-electron chi connectivity index (χ1n) is 9.11. The Bertz CT molecular complexity index is 1180. The van der Waals surface area contributed by atoms with E-state index in [2.05, 4.69) is 20.9 Å². The first-order chi connectivity index (χ1) is 14.4. The molecule has 1 aromatic heterocycles. The van der Waals surface area contributed by atoms with Crippen LogP contribution in [0, 0.1) is 6.92 Å². The summed E-state index contributed by atoms with van der Waals surface area (Å²) < 4.78 is 0.833. The molecule has 1 fully saturated rings. The highest BCUT2D eigenvalue weighted by Gasteiger charge is 2.47. The zero-order valence-electron chi connectivity index (χ0n) is 15.8. The number of aromatic nitrogens is 1. The molecule has 0 spiro atoms. The van der Waals surface area contributed by atoms with Gasteiger partial charge in [-0.25, -0.2) is 0 Å². The third-order valence-electron chi connectivity index (χ3n) is 4.98. The molecule has 1 aliphatic rings. The number of Topliss-reactive ketones (excluding diaryl/α,β-unsaturated/α-hetero) is 1. The topological polar surface area (TPSA) is 70.5 Å². The molecule has 4 rings (SSSR count). The summed E-state index contributed by atoms with van der Waals surface area (Å²) in [6.45, 7) is 1.82. The molecule has 2 aromatic carbocycles. The number of nitrogens with zero attached hydrogens (tertiary/aromatic N) is 2. The quantitative estimate of drug-likeness (QED) is 0.306. The SMILES string of the molecule is Cc1cc(Cl)ccc1N1C(=O)C(=O)/C(=C(/O)c2ccc(Br)cc2)C1c1cccnc1. The predicted molar refractivity (Wildman–Crippen MR) is 119 cm³/mol. The predicted octanol–water partition coefficient (Wildman–Crippen LogP) is 5.43. The van der Waals surface area contributed by atoms with E-state index in [0.29, 0.717) is 21.8 Å². The molecule has 1 aliphatic heterocycles. The molecular formula is C23H16BrClN2O3. The Hall–Kier alpha value is -2.96. The summed E-state index contributed by atoms with van der Waals surface area (Å²) >= 11 is 9.44. The Morgan fingerprint density at radius 1 is 1.13 bits per heavy atom. The number of pyridine rings is 1. The molecule has 1 saturated heterocycles. The van der Waals surface area contributed by atoms with Crippen LogP contribution in [-0.2, 0) is 9.59 Å². The van der Waals surface area contributed by atoms with Crippen molar-refractivity contribution in [3.05, 3.63) is 98.7 Å². The Morgan fingerprint density at radius 3 is 2.50 bits per heavy atom. The van der Waals surface area contributed by atoms with Gasteiger partial charge in [-0.2, -0.15) is 0 Å². The summed E-state index contributed by atoms with van der Waals surface area (Å²) in [7, 11) is 0. The van der Waals surface area contributed by atoms with Gasteiger partial charge in [-0.15, -0.1) is 0 Å². The van der Waals surface area contributed by atoms with E-state index in [9.17, 15) is 14.7 Å². The lowest BCUT2D eigenvalue weighted by Crippen LogP contribution is -2.30. The summed E-state index contributed by atoms with van der Waals surface area (Å²) in [6, 6.07) is 14.7. The molecule has 150 valence electrons. The Balaban J connectivity index is 1.96. The van der Waals surface area contributed by atoms with Crippen LogP contribution in [-0.4, -0.2) is 21.8 Å². The number of halogens is 2. The minimum Gasteiger partial charge on any atom is -0.507 e. The Morgan fingerprint density at radius 2 is 1.87 bits per heavy atom. The van der Waals surface area contributed by atoms with Gasteiger partial charge < -0.3 is 5.11 Å². The van der Waals surface area contributed by atoms with E-state index in [1.54, 1.807) is 67.0 Å². The molecule has 1 atom stereocenters. The van der Waals surface area contributed by atoms with Gasteiger partial charge >= 0.3 is 0 Å². The number of benzene rings is 2. The first-order valence-corrected chi connectivity index (χ1v) is 10.3. The molecule has 2 heterocycles. The van der Waals surface area contributed by atoms with Gasteiger partial charge in [0.25, 0.3) is 11.7 Å². The monoisotopic (exact) mass is 482 g/mol. The molecule has 1 amide bonds. The van der Waals surface area contributed by atoms with Crippen molar-refractivity contribution in [2.75, 3.05) is 4.90 Å². The van der Waals surface area contributed by atoms with Crippen molar-refractivity contribution in [3.63, 3.8) is 0 Å². The second kappa shape index (κ2) is 8.05. The maximum Gasteiger partial charge on any atom is 0.300 e. The average molecular weight is 484 g/mol. The number of carbonyl (C=O) groups is 2. The molecule has 3 aromatic rings. The lowest BCUT2D eigenvalue weighted by molar-refractivity contribution is -0.132. The van der Waals surface area contributed by atoms with Crippen molar-refractivity contribution >= 4 is 50.7 Å². The second-order valence-electron chi connectivity index (χ2n) is 6.89. The minimum atomic E-state index is -0.817. The van der Waals surface area contributed by atoms with Gasteiger partial charge in [0.15, 0.2) is 0 Å². The average Bonchev–Trinajstić information content (AvgIpc) is 3.00. The molecule has 0 aliphatic carbocycles. The number of ketones is 1. The summed E-state index contributed by atoms with van der Waals surface area (Å²) in [5.41, 5.74) is 2.36. The van der Waals surface area contributed by atoms with Crippen LogP contribution in [0.3, 0.4) is 0 Å². The molecule has 1 N–H and O–H groups in total. The van der Waals surface area contributed by atoms with Crippen molar-refractivity contribution in [2.24, 2.45) is 0 Å². The van der Waals surface area contributed by atoms with E-state index in [1.165, 1.54) is 4.90 Å². The number of aryl methyl sites for hydroxylation is 1. The molecule has 0 bridgehead atoms. The fourth-order valence-electron chi connectivity index (χ4n) is 3.59. The highest BCUT2D eigenvalue weighted by Crippen LogP contribution is 2.43. The highest BCUT2D eigenvalue weighted by molar-refractivity contribution is 9.10. The summed E-state index contributed by atoms with van der Waals surface area (Å²) in [5.74, 6) is -1.70. The minimum absolute atomic E-state index is 0.0182. The fraction of sp³-hybridized carbons (Fsp3) is 0.0870.